The molecule has 28 heavy (non-hydrogen) atoms. The molecule has 2 rings (SSSR count). The van der Waals surface area contributed by atoms with E-state index in [9.17, 15) is 19.8 Å². The summed E-state index contributed by atoms with van der Waals surface area (Å²) in [5.74, 6) is -0.999. The zero-order valence-electron chi connectivity index (χ0n) is 15.8. The second-order valence-electron chi connectivity index (χ2n) is 6.62. The van der Waals surface area contributed by atoms with Crippen molar-refractivity contribution in [3.8, 4) is 11.5 Å². The molecule has 0 saturated carbocycles. The molecular formula is C21H25NO5S. The van der Waals surface area contributed by atoms with Crippen LogP contribution < -0.4 is 10.1 Å². The van der Waals surface area contributed by atoms with Gasteiger partial charge in [0.15, 0.2) is 0 Å². The molecule has 0 heterocycles. The predicted molar refractivity (Wildman–Crippen MR) is 110 cm³/mol. The van der Waals surface area contributed by atoms with E-state index in [0.717, 1.165) is 11.3 Å². The number of carboxylic acids is 1. The van der Waals surface area contributed by atoms with Gasteiger partial charge in [0, 0.05) is 12.2 Å². The number of aliphatic carboxylic acids is 1. The van der Waals surface area contributed by atoms with E-state index in [1.807, 2.05) is 31.2 Å². The highest BCUT2D eigenvalue weighted by atomic mass is 32.1. The third-order valence-corrected chi connectivity index (χ3v) is 5.16. The summed E-state index contributed by atoms with van der Waals surface area (Å²) in [4.78, 5) is 24.4. The number of nitrogens with one attached hydrogen (secondary N) is 1. The number of carboxylic acid groups (broad SMARTS) is 1. The van der Waals surface area contributed by atoms with Gasteiger partial charge in [-0.2, -0.15) is 12.6 Å². The Hall–Kier alpha value is -2.67. The average Bonchev–Trinajstić information content (AvgIpc) is 2.69. The van der Waals surface area contributed by atoms with Crippen LogP contribution in [0.25, 0.3) is 0 Å². The van der Waals surface area contributed by atoms with Gasteiger partial charge in [0.25, 0.3) is 0 Å². The molecule has 0 fully saturated rings. The van der Waals surface area contributed by atoms with Crippen molar-refractivity contribution in [2.75, 3.05) is 12.9 Å². The number of carbonyl (C=O) groups is 2. The maximum absolute atomic E-state index is 12.8. The van der Waals surface area contributed by atoms with Crippen LogP contribution in [0.15, 0.2) is 48.5 Å². The maximum atomic E-state index is 12.8. The first-order chi connectivity index (χ1) is 13.3. The maximum Gasteiger partial charge on any atom is 0.326 e. The Labute approximate surface area is 170 Å². The lowest BCUT2D eigenvalue weighted by Gasteiger charge is -2.24. The second-order valence-corrected chi connectivity index (χ2v) is 6.99. The summed E-state index contributed by atoms with van der Waals surface area (Å²) in [6.45, 7) is 1.91. The molecule has 7 heteroatoms. The van der Waals surface area contributed by atoms with Crippen LogP contribution in [0.3, 0.4) is 0 Å². The van der Waals surface area contributed by atoms with Crippen molar-refractivity contribution < 1.29 is 24.5 Å². The van der Waals surface area contributed by atoms with Crippen molar-refractivity contribution in [3.63, 3.8) is 0 Å². The molecule has 3 N–H and O–H groups in total. The molecule has 2 aromatic carbocycles. The van der Waals surface area contributed by atoms with Gasteiger partial charge >= 0.3 is 5.97 Å². The van der Waals surface area contributed by atoms with E-state index < -0.39 is 17.9 Å². The third kappa shape index (κ3) is 5.66. The summed E-state index contributed by atoms with van der Waals surface area (Å²) in [5, 5.41) is 21.5. The Kier molecular flexibility index (Phi) is 7.75. The summed E-state index contributed by atoms with van der Waals surface area (Å²) in [6, 6.07) is 12.6. The number of ether oxygens (including phenoxy) is 1. The number of phenolic OH excluding ortho intramolecular Hbond substituents is 1. The monoisotopic (exact) mass is 403 g/mol. The molecule has 0 spiro atoms. The zero-order chi connectivity index (χ0) is 20.7. The molecule has 1 amide bonds. The summed E-state index contributed by atoms with van der Waals surface area (Å²) >= 11 is 4.31. The van der Waals surface area contributed by atoms with Crippen molar-refractivity contribution >= 4 is 24.5 Å². The fourth-order valence-electron chi connectivity index (χ4n) is 2.95. The number of hydrogen-bond acceptors (Lipinski definition) is 5. The van der Waals surface area contributed by atoms with E-state index in [4.69, 9.17) is 4.74 Å². The van der Waals surface area contributed by atoms with Crippen LogP contribution in [0.2, 0.25) is 0 Å². The molecular weight excluding hydrogens is 378 g/mol. The molecule has 0 aliphatic carbocycles. The lowest BCUT2D eigenvalue weighted by Crippen LogP contribution is -2.46. The van der Waals surface area contributed by atoms with Crippen LogP contribution in [0.5, 0.6) is 11.5 Å². The molecule has 0 aliphatic rings. The molecule has 0 radical (unpaired) electrons. The predicted octanol–water partition coefficient (Wildman–Crippen LogP) is 2.86. The van der Waals surface area contributed by atoms with E-state index in [0.29, 0.717) is 5.56 Å². The van der Waals surface area contributed by atoms with Crippen LogP contribution in [0, 0.1) is 5.92 Å². The number of amides is 1. The zero-order valence-corrected chi connectivity index (χ0v) is 16.7. The minimum Gasteiger partial charge on any atom is -0.508 e. The van der Waals surface area contributed by atoms with Gasteiger partial charge in [-0.05, 0) is 41.3 Å². The molecule has 0 aliphatic heterocycles. The lowest BCUT2D eigenvalue weighted by atomic mass is 9.87. The third-order valence-electron chi connectivity index (χ3n) is 4.77. The summed E-state index contributed by atoms with van der Waals surface area (Å²) in [6.07, 6.45) is 0.123. The van der Waals surface area contributed by atoms with E-state index in [-0.39, 0.29) is 29.7 Å². The SMILES string of the molecule is COc1ccc(C(C)C(CS)C(=O)N[C@@H](Cc2ccc(O)cc2)C(=O)O)cc1. The minimum atomic E-state index is -1.11. The first-order valence-corrected chi connectivity index (χ1v) is 9.54. The number of phenols is 1. The highest BCUT2D eigenvalue weighted by Gasteiger charge is 2.29. The average molecular weight is 404 g/mol. The summed E-state index contributed by atoms with van der Waals surface area (Å²) in [7, 11) is 1.59. The highest BCUT2D eigenvalue weighted by Crippen LogP contribution is 2.27. The topological polar surface area (TPSA) is 95.9 Å². The molecule has 3 atom stereocenters. The lowest BCUT2D eigenvalue weighted by molar-refractivity contribution is -0.142. The Morgan fingerprint density at radius 1 is 1.11 bits per heavy atom. The largest absolute Gasteiger partial charge is 0.508 e. The fraction of sp³-hybridized carbons (Fsp3) is 0.333. The standard InChI is InChI=1S/C21H25NO5S/c1-13(15-5-9-17(27-2)10-6-15)18(12-28)20(24)22-19(21(25)26)11-14-3-7-16(23)8-4-14/h3-10,13,18-19,23,28H,11-12H2,1-2H3,(H,22,24)(H,25,26)/t13?,18?,19-/m0/s1. The summed E-state index contributed by atoms with van der Waals surface area (Å²) < 4.78 is 5.15. The van der Waals surface area contributed by atoms with Crippen LogP contribution in [0.4, 0.5) is 0 Å². The second kappa shape index (κ2) is 10.0. The van der Waals surface area contributed by atoms with Gasteiger partial charge in [0.05, 0.1) is 13.0 Å². The van der Waals surface area contributed by atoms with Crippen LogP contribution in [-0.2, 0) is 16.0 Å². The first kappa shape index (κ1) is 21.6. The Morgan fingerprint density at radius 2 is 1.71 bits per heavy atom. The Bertz CT molecular complexity index is 791. The van der Waals surface area contributed by atoms with Gasteiger partial charge < -0.3 is 20.3 Å². The molecule has 2 unspecified atom stereocenters. The molecule has 0 bridgehead atoms. The van der Waals surface area contributed by atoms with Crippen molar-refractivity contribution in [3.05, 3.63) is 59.7 Å². The number of hydrogen-bond donors (Lipinski definition) is 4. The van der Waals surface area contributed by atoms with Gasteiger partial charge in [0.2, 0.25) is 5.91 Å². The fourth-order valence-corrected chi connectivity index (χ4v) is 3.44. The molecule has 0 saturated heterocycles. The number of rotatable bonds is 9. The van der Waals surface area contributed by atoms with Gasteiger partial charge in [-0.15, -0.1) is 0 Å². The normalized spacial score (nSPS) is 14.0. The Balaban J connectivity index is 2.10. The van der Waals surface area contributed by atoms with Gasteiger partial charge in [-0.1, -0.05) is 31.2 Å². The molecule has 0 aromatic heterocycles. The quantitative estimate of drug-likeness (QED) is 0.483. The number of aromatic hydroxyl groups is 1. The summed E-state index contributed by atoms with van der Waals surface area (Å²) in [5.41, 5.74) is 1.65. The number of carbonyl (C=O) groups excluding carboxylic acids is 1. The molecule has 150 valence electrons. The van der Waals surface area contributed by atoms with Crippen LogP contribution in [0.1, 0.15) is 24.0 Å². The van der Waals surface area contributed by atoms with Crippen molar-refractivity contribution in [2.45, 2.75) is 25.3 Å². The van der Waals surface area contributed by atoms with E-state index in [1.165, 1.54) is 12.1 Å². The van der Waals surface area contributed by atoms with Gasteiger partial charge in [0.1, 0.15) is 17.5 Å². The first-order valence-electron chi connectivity index (χ1n) is 8.91. The van der Waals surface area contributed by atoms with Gasteiger partial charge in [-0.25, -0.2) is 4.79 Å². The van der Waals surface area contributed by atoms with E-state index >= 15 is 0 Å². The van der Waals surface area contributed by atoms with E-state index in [2.05, 4.69) is 17.9 Å². The smallest absolute Gasteiger partial charge is 0.326 e. The van der Waals surface area contributed by atoms with Crippen LogP contribution in [-0.4, -0.2) is 41.0 Å². The number of benzene rings is 2. The number of thiol groups is 1. The molecule has 6 nitrogen and oxygen atoms in total. The minimum absolute atomic E-state index is 0.100. The van der Waals surface area contributed by atoms with E-state index in [1.54, 1.807) is 19.2 Å². The molecule has 2 aromatic rings. The van der Waals surface area contributed by atoms with Crippen molar-refractivity contribution in [2.24, 2.45) is 5.92 Å². The van der Waals surface area contributed by atoms with Crippen molar-refractivity contribution in [1.29, 1.82) is 0 Å². The number of methoxy groups -OCH3 is 1. The van der Waals surface area contributed by atoms with Gasteiger partial charge in [-0.3, -0.25) is 4.79 Å². The van der Waals surface area contributed by atoms with Crippen LogP contribution >= 0.6 is 12.6 Å². The highest BCUT2D eigenvalue weighted by molar-refractivity contribution is 7.80. The van der Waals surface area contributed by atoms with Crippen molar-refractivity contribution in [1.82, 2.24) is 5.32 Å². The Morgan fingerprint density at radius 3 is 2.21 bits per heavy atom.